The molecule has 0 aliphatic heterocycles. The molecule has 0 heterocycles. The first kappa shape index (κ1) is 17.0. The lowest BCUT2D eigenvalue weighted by Gasteiger charge is -2.24. The summed E-state index contributed by atoms with van der Waals surface area (Å²) in [6, 6.07) is 15.3. The van der Waals surface area contributed by atoms with Gasteiger partial charge in [-0.2, -0.15) is 0 Å². The van der Waals surface area contributed by atoms with Gasteiger partial charge in [-0.1, -0.05) is 77.9 Å². The van der Waals surface area contributed by atoms with Gasteiger partial charge in [0.15, 0.2) is 0 Å². The van der Waals surface area contributed by atoms with Crippen molar-refractivity contribution < 1.29 is 0 Å². The van der Waals surface area contributed by atoms with Crippen molar-refractivity contribution in [2.45, 2.75) is 52.4 Å². The zero-order chi connectivity index (χ0) is 18.9. The molecule has 0 saturated heterocycles. The molecular formula is C24H25NO. The van der Waals surface area contributed by atoms with Crippen molar-refractivity contribution in [1.29, 1.82) is 0 Å². The van der Waals surface area contributed by atoms with Gasteiger partial charge < -0.3 is 0 Å². The number of hydrogen-bond donors (Lipinski definition) is 0. The van der Waals surface area contributed by atoms with Crippen LogP contribution in [0.1, 0.15) is 52.7 Å². The molecule has 0 unspecified atom stereocenters. The van der Waals surface area contributed by atoms with Crippen LogP contribution < -0.4 is 0 Å². The molecule has 2 nitrogen and oxygen atoms in total. The molecule has 0 spiro atoms. The maximum atomic E-state index is 11.8. The van der Waals surface area contributed by atoms with Crippen LogP contribution in [0.2, 0.25) is 0 Å². The van der Waals surface area contributed by atoms with Crippen LogP contribution in [0.15, 0.2) is 47.6 Å². The van der Waals surface area contributed by atoms with Crippen molar-refractivity contribution in [3.63, 3.8) is 0 Å². The summed E-state index contributed by atoms with van der Waals surface area (Å²) in [6.45, 7) is 13.1. The Labute approximate surface area is 154 Å². The lowest BCUT2D eigenvalue weighted by Crippen LogP contribution is -2.12. The molecule has 4 aromatic rings. The summed E-state index contributed by atoms with van der Waals surface area (Å²) in [6.07, 6.45) is 0. The summed E-state index contributed by atoms with van der Waals surface area (Å²) in [7, 11) is 0. The van der Waals surface area contributed by atoms with Gasteiger partial charge in [-0.25, -0.2) is 0 Å². The topological polar surface area (TPSA) is 29.4 Å². The fourth-order valence-electron chi connectivity index (χ4n) is 3.98. The second-order valence-corrected chi connectivity index (χ2v) is 9.44. The maximum Gasteiger partial charge on any atom is 0.119 e. The molecule has 26 heavy (non-hydrogen) atoms. The lowest BCUT2D eigenvalue weighted by atomic mass is 9.80. The molecule has 132 valence electrons. The first-order chi connectivity index (χ1) is 12.1. The molecule has 2 heteroatoms. The van der Waals surface area contributed by atoms with Crippen LogP contribution in [0.25, 0.3) is 32.3 Å². The Morgan fingerprint density at radius 1 is 0.692 bits per heavy atom. The van der Waals surface area contributed by atoms with Gasteiger partial charge in [0.05, 0.1) is 0 Å². The van der Waals surface area contributed by atoms with Crippen molar-refractivity contribution >= 4 is 38.0 Å². The fraction of sp³-hybridized carbons (Fsp3) is 0.333. The second-order valence-electron chi connectivity index (χ2n) is 9.44. The summed E-state index contributed by atoms with van der Waals surface area (Å²) in [5, 5.41) is 10.4. The van der Waals surface area contributed by atoms with Crippen LogP contribution in [0.5, 0.6) is 0 Å². The SMILES string of the molecule is CC(C)(C)c1cc2ccc3cc(C(C)(C)C)c(N=O)c4ccc(c1)c2c34. The minimum atomic E-state index is -0.132. The highest BCUT2D eigenvalue weighted by Crippen LogP contribution is 2.44. The van der Waals surface area contributed by atoms with Crippen LogP contribution in [0.4, 0.5) is 5.69 Å². The third-order valence-electron chi connectivity index (χ3n) is 5.45. The van der Waals surface area contributed by atoms with Gasteiger partial charge in [0, 0.05) is 5.39 Å². The van der Waals surface area contributed by atoms with Gasteiger partial charge in [-0.3, -0.25) is 0 Å². The summed E-state index contributed by atoms with van der Waals surface area (Å²) in [5.41, 5.74) is 2.88. The zero-order valence-electron chi connectivity index (χ0n) is 16.4. The first-order valence-electron chi connectivity index (χ1n) is 9.21. The number of hydrogen-bond acceptors (Lipinski definition) is 2. The van der Waals surface area contributed by atoms with E-state index >= 15 is 0 Å². The van der Waals surface area contributed by atoms with Gasteiger partial charge in [-0.05, 0) is 60.1 Å². The van der Waals surface area contributed by atoms with Crippen molar-refractivity contribution in [2.24, 2.45) is 5.18 Å². The van der Waals surface area contributed by atoms with Crippen LogP contribution in [0, 0.1) is 4.91 Å². The number of nitroso groups, excluding NO2 is 1. The van der Waals surface area contributed by atoms with Gasteiger partial charge in [0.2, 0.25) is 0 Å². The predicted molar refractivity (Wildman–Crippen MR) is 113 cm³/mol. The predicted octanol–water partition coefficient (Wildman–Crippen LogP) is 7.58. The molecule has 4 aromatic carbocycles. The number of rotatable bonds is 1. The molecule has 0 fully saturated rings. The smallest absolute Gasteiger partial charge is 0.119 e. The fourth-order valence-corrected chi connectivity index (χ4v) is 3.98. The standard InChI is InChI=1S/C24H25NO/c1-23(2,3)17-11-14-7-8-16-13-19(24(4,5)6)22(25-26)18-10-9-15(12-17)20(14)21(16)18/h7-13H,1-6H3. The quantitative estimate of drug-likeness (QED) is 0.259. The number of benzene rings is 4. The van der Waals surface area contributed by atoms with Crippen molar-refractivity contribution in [3.05, 3.63) is 58.5 Å². The Balaban J connectivity index is 2.21. The summed E-state index contributed by atoms with van der Waals surface area (Å²) in [4.78, 5) is 11.8. The monoisotopic (exact) mass is 343 g/mol. The summed E-state index contributed by atoms with van der Waals surface area (Å²) >= 11 is 0. The van der Waals surface area contributed by atoms with E-state index in [-0.39, 0.29) is 10.8 Å². The average Bonchev–Trinajstić information content (AvgIpc) is 2.56. The summed E-state index contributed by atoms with van der Waals surface area (Å²) < 4.78 is 0. The average molecular weight is 343 g/mol. The Morgan fingerprint density at radius 2 is 1.23 bits per heavy atom. The van der Waals surface area contributed by atoms with Crippen LogP contribution in [0.3, 0.4) is 0 Å². The van der Waals surface area contributed by atoms with E-state index in [1.54, 1.807) is 0 Å². The van der Waals surface area contributed by atoms with E-state index < -0.39 is 0 Å². The molecule has 0 N–H and O–H groups in total. The molecule has 0 amide bonds. The van der Waals surface area contributed by atoms with Gasteiger partial charge in [-0.15, -0.1) is 4.91 Å². The van der Waals surface area contributed by atoms with Crippen LogP contribution >= 0.6 is 0 Å². The zero-order valence-corrected chi connectivity index (χ0v) is 16.4. The molecule has 0 aliphatic rings. The second kappa shape index (κ2) is 5.26. The molecule has 0 aromatic heterocycles. The lowest BCUT2D eigenvalue weighted by molar-refractivity contribution is 0.591. The Bertz CT molecular complexity index is 1140. The Kier molecular flexibility index (Phi) is 3.43. The third kappa shape index (κ3) is 2.39. The van der Waals surface area contributed by atoms with Crippen molar-refractivity contribution in [2.75, 3.05) is 0 Å². The molecule has 4 rings (SSSR count). The number of nitrogens with zero attached hydrogens (tertiary/aromatic N) is 1. The van der Waals surface area contributed by atoms with Gasteiger partial charge in [0.25, 0.3) is 0 Å². The van der Waals surface area contributed by atoms with Crippen LogP contribution in [-0.2, 0) is 10.8 Å². The molecular weight excluding hydrogens is 318 g/mol. The Hall–Kier alpha value is -2.48. The van der Waals surface area contributed by atoms with Gasteiger partial charge in [0.1, 0.15) is 5.69 Å². The van der Waals surface area contributed by atoms with E-state index in [1.807, 2.05) is 0 Å². The minimum absolute atomic E-state index is 0.0966. The largest absolute Gasteiger partial charge is 0.145 e. The minimum Gasteiger partial charge on any atom is -0.145 e. The van der Waals surface area contributed by atoms with E-state index in [0.717, 1.165) is 16.3 Å². The summed E-state index contributed by atoms with van der Waals surface area (Å²) in [5.74, 6) is 0. The first-order valence-corrected chi connectivity index (χ1v) is 9.21. The molecule has 0 bridgehead atoms. The Morgan fingerprint density at radius 3 is 1.73 bits per heavy atom. The highest BCUT2D eigenvalue weighted by molar-refractivity contribution is 6.25. The van der Waals surface area contributed by atoms with E-state index in [9.17, 15) is 4.91 Å². The molecule has 0 radical (unpaired) electrons. The van der Waals surface area contributed by atoms with E-state index in [0.29, 0.717) is 5.69 Å². The van der Waals surface area contributed by atoms with Crippen LogP contribution in [-0.4, -0.2) is 0 Å². The van der Waals surface area contributed by atoms with E-state index in [2.05, 4.69) is 89.2 Å². The molecule has 0 saturated carbocycles. The third-order valence-corrected chi connectivity index (χ3v) is 5.45. The molecule has 0 atom stereocenters. The molecule has 0 aliphatic carbocycles. The highest BCUT2D eigenvalue weighted by atomic mass is 16.3. The van der Waals surface area contributed by atoms with Crippen molar-refractivity contribution in [3.8, 4) is 0 Å². The maximum absolute atomic E-state index is 11.8. The van der Waals surface area contributed by atoms with E-state index in [1.165, 1.54) is 27.1 Å². The normalized spacial score (nSPS) is 13.2. The van der Waals surface area contributed by atoms with E-state index in [4.69, 9.17) is 0 Å². The van der Waals surface area contributed by atoms with Crippen molar-refractivity contribution in [1.82, 2.24) is 0 Å². The van der Waals surface area contributed by atoms with Gasteiger partial charge >= 0.3 is 0 Å². The highest BCUT2D eigenvalue weighted by Gasteiger charge is 2.24.